The number of hydrogen-bond acceptors (Lipinski definition) is 4. The number of hydrogen-bond donors (Lipinski definition) is 3. The van der Waals surface area contributed by atoms with Gasteiger partial charge in [0.15, 0.2) is 17.5 Å². The van der Waals surface area contributed by atoms with Crippen LogP contribution in [0.15, 0.2) is 53.5 Å². The first-order chi connectivity index (χ1) is 12.7. The first-order valence-corrected chi connectivity index (χ1v) is 8.64. The van der Waals surface area contributed by atoms with Crippen LogP contribution in [0.3, 0.4) is 0 Å². The maximum Gasteiger partial charge on any atom is 0.191 e. The van der Waals surface area contributed by atoms with Crippen molar-refractivity contribution < 1.29 is 14.6 Å². The van der Waals surface area contributed by atoms with E-state index in [-0.39, 0.29) is 0 Å². The lowest BCUT2D eigenvalue weighted by Crippen LogP contribution is -2.39. The fraction of sp³-hybridized carbons (Fsp3) is 0.350. The highest BCUT2D eigenvalue weighted by molar-refractivity contribution is 5.79. The monoisotopic (exact) mass is 357 g/mol. The Morgan fingerprint density at radius 3 is 2.42 bits per heavy atom. The summed E-state index contributed by atoms with van der Waals surface area (Å²) in [6.07, 6.45) is -0.699. The molecule has 0 saturated carbocycles. The average Bonchev–Trinajstić information content (AvgIpc) is 2.70. The van der Waals surface area contributed by atoms with Crippen LogP contribution >= 0.6 is 0 Å². The molecule has 0 spiro atoms. The number of rotatable bonds is 8. The van der Waals surface area contributed by atoms with E-state index < -0.39 is 6.10 Å². The third kappa shape index (κ3) is 5.67. The number of methoxy groups -OCH3 is 2. The van der Waals surface area contributed by atoms with E-state index in [0.29, 0.717) is 30.5 Å². The molecule has 0 bridgehead atoms. The standard InChI is InChI=1S/C20H27N3O3/c1-4-21-20(22-13-15-8-6-5-7-9-15)23-14-17(24)16-10-11-18(25-2)19(12-16)26-3/h5-12,17,24H,4,13-14H2,1-3H3,(H2,21,22,23). The van der Waals surface area contributed by atoms with Crippen molar-refractivity contribution in [2.45, 2.75) is 19.6 Å². The Labute approximate surface area is 154 Å². The van der Waals surface area contributed by atoms with Gasteiger partial charge in [0.05, 0.1) is 26.9 Å². The Hall–Kier alpha value is -2.73. The topological polar surface area (TPSA) is 75.1 Å². The number of aliphatic hydroxyl groups excluding tert-OH is 1. The minimum absolute atomic E-state index is 0.329. The van der Waals surface area contributed by atoms with Crippen molar-refractivity contribution in [3.63, 3.8) is 0 Å². The molecule has 0 aliphatic carbocycles. The second-order valence-corrected chi connectivity index (χ2v) is 5.69. The van der Waals surface area contributed by atoms with Gasteiger partial charge in [0.25, 0.3) is 0 Å². The van der Waals surface area contributed by atoms with Crippen LogP contribution in [-0.2, 0) is 6.54 Å². The van der Waals surface area contributed by atoms with Gasteiger partial charge in [-0.1, -0.05) is 36.4 Å². The molecule has 0 aromatic heterocycles. The summed E-state index contributed by atoms with van der Waals surface area (Å²) in [7, 11) is 3.16. The second kappa shape index (κ2) is 10.3. The van der Waals surface area contributed by atoms with E-state index in [0.717, 1.165) is 17.7 Å². The fourth-order valence-corrected chi connectivity index (χ4v) is 2.47. The largest absolute Gasteiger partial charge is 0.493 e. The molecule has 0 saturated heterocycles. The number of nitrogens with one attached hydrogen (secondary N) is 2. The lowest BCUT2D eigenvalue weighted by Gasteiger charge is -2.17. The van der Waals surface area contributed by atoms with Crippen molar-refractivity contribution in [1.29, 1.82) is 0 Å². The van der Waals surface area contributed by atoms with Crippen LogP contribution in [0.5, 0.6) is 11.5 Å². The molecule has 2 rings (SSSR count). The summed E-state index contributed by atoms with van der Waals surface area (Å²) in [5.41, 5.74) is 1.87. The molecule has 2 aromatic rings. The summed E-state index contributed by atoms with van der Waals surface area (Å²) in [5.74, 6) is 1.89. The lowest BCUT2D eigenvalue weighted by molar-refractivity contribution is 0.180. The van der Waals surface area contributed by atoms with Crippen molar-refractivity contribution in [2.75, 3.05) is 27.3 Å². The normalized spacial score (nSPS) is 12.4. The lowest BCUT2D eigenvalue weighted by atomic mass is 10.1. The molecule has 0 fully saturated rings. The second-order valence-electron chi connectivity index (χ2n) is 5.69. The van der Waals surface area contributed by atoms with E-state index in [1.54, 1.807) is 26.4 Å². The van der Waals surface area contributed by atoms with Crippen molar-refractivity contribution in [1.82, 2.24) is 10.6 Å². The Morgan fingerprint density at radius 1 is 1.04 bits per heavy atom. The Balaban J connectivity index is 1.99. The molecule has 2 aromatic carbocycles. The van der Waals surface area contributed by atoms with Crippen molar-refractivity contribution in [2.24, 2.45) is 4.99 Å². The molecule has 140 valence electrons. The predicted octanol–water partition coefficient (Wildman–Crippen LogP) is 2.49. The molecule has 26 heavy (non-hydrogen) atoms. The van der Waals surface area contributed by atoms with Gasteiger partial charge in [-0.05, 0) is 30.2 Å². The zero-order chi connectivity index (χ0) is 18.8. The summed E-state index contributed by atoms with van der Waals surface area (Å²) >= 11 is 0. The van der Waals surface area contributed by atoms with Crippen molar-refractivity contribution in [3.8, 4) is 11.5 Å². The molecule has 1 unspecified atom stereocenters. The number of aliphatic hydroxyl groups is 1. The Morgan fingerprint density at radius 2 is 1.77 bits per heavy atom. The Kier molecular flexibility index (Phi) is 7.76. The molecule has 6 nitrogen and oxygen atoms in total. The molecule has 0 radical (unpaired) electrons. The number of ether oxygens (including phenoxy) is 2. The summed E-state index contributed by atoms with van der Waals surface area (Å²) in [6, 6.07) is 15.4. The van der Waals surface area contributed by atoms with Crippen LogP contribution in [0.4, 0.5) is 0 Å². The molecule has 0 amide bonds. The molecular weight excluding hydrogens is 330 g/mol. The van der Waals surface area contributed by atoms with E-state index in [2.05, 4.69) is 15.6 Å². The molecule has 0 heterocycles. The van der Waals surface area contributed by atoms with Gasteiger partial charge >= 0.3 is 0 Å². The van der Waals surface area contributed by atoms with Gasteiger partial charge < -0.3 is 25.2 Å². The maximum atomic E-state index is 10.5. The molecule has 1 atom stereocenters. The zero-order valence-corrected chi connectivity index (χ0v) is 15.5. The molecule has 0 aliphatic rings. The van der Waals surface area contributed by atoms with Crippen molar-refractivity contribution >= 4 is 5.96 Å². The van der Waals surface area contributed by atoms with Crippen molar-refractivity contribution in [3.05, 3.63) is 59.7 Å². The Bertz CT molecular complexity index is 705. The smallest absolute Gasteiger partial charge is 0.191 e. The summed E-state index contributed by atoms with van der Waals surface area (Å²) in [4.78, 5) is 4.55. The summed E-state index contributed by atoms with van der Waals surface area (Å²) in [5, 5.41) is 16.8. The van der Waals surface area contributed by atoms with Crippen LogP contribution < -0.4 is 20.1 Å². The number of guanidine groups is 1. The van der Waals surface area contributed by atoms with Gasteiger partial charge in [0, 0.05) is 13.1 Å². The molecular formula is C20H27N3O3. The quantitative estimate of drug-likeness (QED) is 0.500. The number of benzene rings is 2. The third-order valence-electron chi connectivity index (χ3n) is 3.86. The van der Waals surface area contributed by atoms with Crippen LogP contribution in [0, 0.1) is 0 Å². The van der Waals surface area contributed by atoms with Crippen LogP contribution in [-0.4, -0.2) is 38.4 Å². The average molecular weight is 357 g/mol. The molecule has 6 heteroatoms. The fourth-order valence-electron chi connectivity index (χ4n) is 2.47. The van der Waals surface area contributed by atoms with E-state index in [1.165, 1.54) is 0 Å². The zero-order valence-electron chi connectivity index (χ0n) is 15.5. The van der Waals surface area contributed by atoms with Crippen LogP contribution in [0.2, 0.25) is 0 Å². The highest BCUT2D eigenvalue weighted by atomic mass is 16.5. The summed E-state index contributed by atoms with van der Waals surface area (Å²) < 4.78 is 10.5. The van der Waals surface area contributed by atoms with E-state index in [4.69, 9.17) is 9.47 Å². The first kappa shape index (κ1) is 19.6. The number of aliphatic imine (C=N–C) groups is 1. The molecule has 3 N–H and O–H groups in total. The predicted molar refractivity (Wildman–Crippen MR) is 104 cm³/mol. The van der Waals surface area contributed by atoms with Gasteiger partial charge in [0.1, 0.15) is 0 Å². The SMILES string of the molecule is CCNC(=NCc1ccccc1)NCC(O)c1ccc(OC)c(OC)c1. The van der Waals surface area contributed by atoms with Gasteiger partial charge in [-0.3, -0.25) is 0 Å². The van der Waals surface area contributed by atoms with Gasteiger partial charge in [-0.15, -0.1) is 0 Å². The molecule has 0 aliphatic heterocycles. The van der Waals surface area contributed by atoms with Crippen LogP contribution in [0.25, 0.3) is 0 Å². The van der Waals surface area contributed by atoms with E-state index in [1.807, 2.05) is 43.3 Å². The minimum atomic E-state index is -0.699. The first-order valence-electron chi connectivity index (χ1n) is 8.64. The van der Waals surface area contributed by atoms with Gasteiger partial charge in [0.2, 0.25) is 0 Å². The third-order valence-corrected chi connectivity index (χ3v) is 3.86. The maximum absolute atomic E-state index is 10.5. The van der Waals surface area contributed by atoms with E-state index >= 15 is 0 Å². The minimum Gasteiger partial charge on any atom is -0.493 e. The van der Waals surface area contributed by atoms with Gasteiger partial charge in [-0.25, -0.2) is 4.99 Å². The summed E-state index contributed by atoms with van der Waals surface area (Å²) in [6.45, 7) is 3.65. The highest BCUT2D eigenvalue weighted by Gasteiger charge is 2.12. The number of nitrogens with zero attached hydrogens (tertiary/aromatic N) is 1. The highest BCUT2D eigenvalue weighted by Crippen LogP contribution is 2.29. The van der Waals surface area contributed by atoms with E-state index in [9.17, 15) is 5.11 Å². The van der Waals surface area contributed by atoms with Gasteiger partial charge in [-0.2, -0.15) is 0 Å². The van der Waals surface area contributed by atoms with Crippen LogP contribution in [0.1, 0.15) is 24.2 Å².